The average Bonchev–Trinajstić information content (AvgIpc) is 4.04. The monoisotopic (exact) mass is 862 g/mol. The second-order valence-corrected chi connectivity index (χ2v) is 17.2. The van der Waals surface area contributed by atoms with E-state index < -0.39 is 0 Å². The minimum Gasteiger partial charge on any atom is -0.379 e. The van der Waals surface area contributed by atoms with Gasteiger partial charge >= 0.3 is 0 Å². The molecule has 4 aliphatic rings. The maximum absolute atomic E-state index is 12.4. The zero-order valence-electron chi connectivity index (χ0n) is 36.2. The maximum Gasteiger partial charge on any atom is 0.254 e. The predicted octanol–water partition coefficient (Wildman–Crippen LogP) is 7.97. The van der Waals surface area contributed by atoms with E-state index in [0.717, 1.165) is 149 Å². The highest BCUT2D eigenvalue weighted by molar-refractivity contribution is 6.17. The summed E-state index contributed by atoms with van der Waals surface area (Å²) in [6, 6.07) is 29.7. The number of ether oxygens (including phenoxy) is 2. The average molecular weight is 863 g/mol. The molecule has 4 aromatic heterocycles. The van der Waals surface area contributed by atoms with Crippen molar-refractivity contribution in [3.8, 4) is 0 Å². The third-order valence-corrected chi connectivity index (χ3v) is 12.8. The van der Waals surface area contributed by atoms with Gasteiger partial charge in [-0.2, -0.15) is 0 Å². The Labute approximate surface area is 376 Å². The molecule has 4 N–H and O–H groups in total. The van der Waals surface area contributed by atoms with Crippen molar-refractivity contribution in [2.75, 3.05) is 59.2 Å². The largest absolute Gasteiger partial charge is 0.379 e. The number of nitrogens with one attached hydrogen (secondary N) is 4. The molecule has 8 heterocycles. The lowest BCUT2D eigenvalue weighted by Gasteiger charge is -2.26. The normalized spacial score (nSPS) is 16.9. The molecule has 0 spiro atoms. The minimum absolute atomic E-state index is 0.0160. The first kappa shape index (κ1) is 40.8. The number of benzene rings is 4. The highest BCUT2D eigenvalue weighted by Gasteiger charge is 2.26. The zero-order valence-corrected chi connectivity index (χ0v) is 36.2. The molecule has 65 heavy (non-hydrogen) atoms. The van der Waals surface area contributed by atoms with Crippen LogP contribution >= 0.6 is 0 Å². The number of pyridine rings is 2. The van der Waals surface area contributed by atoms with Crippen molar-refractivity contribution in [3.63, 3.8) is 0 Å². The van der Waals surface area contributed by atoms with Crippen LogP contribution in [0.1, 0.15) is 65.7 Å². The number of fused-ring (bicyclic) bond motifs is 10. The van der Waals surface area contributed by atoms with Gasteiger partial charge in [-0.1, -0.05) is 84.9 Å². The lowest BCUT2D eigenvalue weighted by atomic mass is 10.0. The van der Waals surface area contributed by atoms with Crippen molar-refractivity contribution in [1.29, 1.82) is 0 Å². The standard InChI is InChI=1S/C27H26N4O2.C26H24N4O2/c32-27-25-22-7-5-20-16-29-21(15-23(20)26(22)30-24(25)8-9-28-27)6-4-18-2-1-3-19(14-18)17-31-10-12-33-13-11-31;31-26-24-21-7-5-19-14-27-20(13-22(19)25(21)29-23(24)15-28-26)6-4-17-2-1-3-18(12-17)16-30-8-10-32-11-9-30/h1-7,14-16,29H,8-13,17H2,(H,28,32);1-7,12-14,27H,8-11,15-16H2,(H,28,31)/b2*6-4+. The van der Waals surface area contributed by atoms with E-state index in [0.29, 0.717) is 13.1 Å². The number of H-pyrrole nitrogens is 2. The van der Waals surface area contributed by atoms with Crippen molar-refractivity contribution in [3.05, 3.63) is 153 Å². The van der Waals surface area contributed by atoms with Gasteiger partial charge in [0.05, 0.1) is 66.5 Å². The molecule has 0 unspecified atom stereocenters. The number of carbonyl (C=O) groups excluding carboxylic acids is 2. The topological polar surface area (TPSA) is 140 Å². The number of amides is 2. The second kappa shape index (κ2) is 17.9. The molecule has 8 aromatic rings. The number of aromatic nitrogens is 4. The van der Waals surface area contributed by atoms with Crippen LogP contribution in [0.25, 0.3) is 67.7 Å². The molecule has 0 radical (unpaired) electrons. The Morgan fingerprint density at radius 3 is 1.62 bits per heavy atom. The molecule has 326 valence electrons. The molecule has 0 atom stereocenters. The number of carbonyl (C=O) groups is 2. The van der Waals surface area contributed by atoms with Crippen LogP contribution in [-0.2, 0) is 35.5 Å². The molecule has 12 rings (SSSR count). The quantitative estimate of drug-likeness (QED) is 0.121. The van der Waals surface area contributed by atoms with Crippen LogP contribution < -0.4 is 10.6 Å². The van der Waals surface area contributed by atoms with Crippen molar-refractivity contribution in [2.24, 2.45) is 0 Å². The lowest BCUT2D eigenvalue weighted by molar-refractivity contribution is 0.0341. The van der Waals surface area contributed by atoms with Gasteiger partial charge in [0, 0.05) is 97.6 Å². The van der Waals surface area contributed by atoms with Crippen LogP contribution in [0.15, 0.2) is 97.3 Å². The molecule has 4 aromatic carbocycles. The molecule has 0 bridgehead atoms. The lowest BCUT2D eigenvalue weighted by Crippen LogP contribution is -2.35. The summed E-state index contributed by atoms with van der Waals surface area (Å²) in [4.78, 5) is 45.8. The van der Waals surface area contributed by atoms with Crippen molar-refractivity contribution in [2.45, 2.75) is 26.1 Å². The van der Waals surface area contributed by atoms with Crippen LogP contribution in [0.3, 0.4) is 0 Å². The van der Waals surface area contributed by atoms with Gasteiger partial charge < -0.3 is 30.1 Å². The Balaban J connectivity index is 0.000000144. The van der Waals surface area contributed by atoms with E-state index in [-0.39, 0.29) is 11.8 Å². The van der Waals surface area contributed by atoms with Crippen molar-refractivity contribution >= 4 is 79.5 Å². The van der Waals surface area contributed by atoms with Gasteiger partial charge in [-0.15, -0.1) is 0 Å². The van der Waals surface area contributed by atoms with Gasteiger partial charge in [0.2, 0.25) is 0 Å². The number of morpholine rings is 2. The first-order chi connectivity index (χ1) is 32.0. The summed E-state index contributed by atoms with van der Waals surface area (Å²) in [7, 11) is 0. The minimum atomic E-state index is -0.0265. The van der Waals surface area contributed by atoms with Gasteiger partial charge in [0.1, 0.15) is 0 Å². The summed E-state index contributed by atoms with van der Waals surface area (Å²) in [5.41, 5.74) is 12.0. The van der Waals surface area contributed by atoms with Gasteiger partial charge in [-0.25, -0.2) is 4.98 Å². The first-order valence-electron chi connectivity index (χ1n) is 22.6. The molecule has 12 nitrogen and oxygen atoms in total. The van der Waals surface area contributed by atoms with Crippen LogP contribution in [0.4, 0.5) is 0 Å². The predicted molar refractivity (Wildman–Crippen MR) is 257 cm³/mol. The maximum atomic E-state index is 12.4. The molecule has 0 saturated carbocycles. The number of hydrogen-bond acceptors (Lipinski definition) is 8. The highest BCUT2D eigenvalue weighted by atomic mass is 16.5. The fraction of sp³-hybridized carbons (Fsp3) is 0.245. The summed E-state index contributed by atoms with van der Waals surface area (Å²) in [6.45, 7) is 10.3. The SMILES string of the molecule is O=C1NCCc2nc3c(ccc4c[nH]c(/C=C/c5cccc(CN6CCOCC6)c5)cc43)c21.O=C1NCc2nc3c(ccc4c[nH]c(/C=C/c5cccc(CN6CCOCC6)c5)cc43)c21. The Bertz CT molecular complexity index is 3170. The molecule has 4 aliphatic heterocycles. The Morgan fingerprint density at radius 1 is 0.554 bits per heavy atom. The Kier molecular flexibility index (Phi) is 11.2. The fourth-order valence-electron chi connectivity index (χ4n) is 9.50. The van der Waals surface area contributed by atoms with Crippen molar-refractivity contribution in [1.82, 2.24) is 40.4 Å². The number of rotatable bonds is 8. The van der Waals surface area contributed by atoms with Crippen LogP contribution in [0.2, 0.25) is 0 Å². The number of aromatic amines is 2. The molecule has 2 fully saturated rings. The Hall–Kier alpha value is -6.96. The first-order valence-corrected chi connectivity index (χ1v) is 22.6. The number of nitrogens with zero attached hydrogens (tertiary/aromatic N) is 4. The van der Waals surface area contributed by atoms with Crippen LogP contribution in [-0.4, -0.2) is 101 Å². The van der Waals surface area contributed by atoms with Gasteiger partial charge in [0.25, 0.3) is 11.8 Å². The van der Waals surface area contributed by atoms with E-state index in [2.05, 4.69) is 121 Å². The van der Waals surface area contributed by atoms with Gasteiger partial charge in [-0.05, 0) is 57.3 Å². The Morgan fingerprint density at radius 2 is 1.06 bits per heavy atom. The van der Waals surface area contributed by atoms with E-state index in [9.17, 15) is 9.59 Å². The molecule has 2 amide bonds. The van der Waals surface area contributed by atoms with Gasteiger partial charge in [-0.3, -0.25) is 24.4 Å². The second-order valence-electron chi connectivity index (χ2n) is 17.2. The van der Waals surface area contributed by atoms with E-state index in [1.807, 2.05) is 30.6 Å². The molecule has 12 heteroatoms. The highest BCUT2D eigenvalue weighted by Crippen LogP contribution is 2.33. The summed E-state index contributed by atoms with van der Waals surface area (Å²) in [5, 5.41) is 12.0. The van der Waals surface area contributed by atoms with Gasteiger partial charge in [0.15, 0.2) is 0 Å². The smallest absolute Gasteiger partial charge is 0.254 e. The van der Waals surface area contributed by atoms with E-state index in [1.54, 1.807) is 0 Å². The summed E-state index contributed by atoms with van der Waals surface area (Å²) >= 11 is 0. The van der Waals surface area contributed by atoms with Crippen LogP contribution in [0, 0.1) is 0 Å². The van der Waals surface area contributed by atoms with Crippen LogP contribution in [0.5, 0.6) is 0 Å². The molecule has 0 aliphatic carbocycles. The molecular formula is C53H50N8O4. The van der Waals surface area contributed by atoms with Crippen molar-refractivity contribution < 1.29 is 19.1 Å². The van der Waals surface area contributed by atoms with E-state index >= 15 is 0 Å². The van der Waals surface area contributed by atoms with E-state index in [1.165, 1.54) is 22.3 Å². The fourth-order valence-corrected chi connectivity index (χ4v) is 9.50. The molecular weight excluding hydrogens is 813 g/mol. The summed E-state index contributed by atoms with van der Waals surface area (Å²) < 4.78 is 10.9. The summed E-state index contributed by atoms with van der Waals surface area (Å²) in [5.74, 6) is -0.0425. The third kappa shape index (κ3) is 8.56. The number of hydrogen-bond donors (Lipinski definition) is 4. The zero-order chi connectivity index (χ0) is 43.7. The summed E-state index contributed by atoms with van der Waals surface area (Å²) in [6.07, 6.45) is 13.3. The third-order valence-electron chi connectivity index (χ3n) is 12.8. The van der Waals surface area contributed by atoms with E-state index in [4.69, 9.17) is 19.4 Å². The molecule has 2 saturated heterocycles.